The molecule has 2 N–H and O–H groups in total. The molecule has 1 aromatic rings. The van der Waals surface area contributed by atoms with E-state index in [4.69, 9.17) is 11.0 Å². The van der Waals surface area contributed by atoms with Crippen LogP contribution in [-0.2, 0) is 0 Å². The third-order valence-corrected chi connectivity index (χ3v) is 2.75. The van der Waals surface area contributed by atoms with Gasteiger partial charge in [-0.3, -0.25) is 4.79 Å². The predicted molar refractivity (Wildman–Crippen MR) is 62.9 cm³/mol. The van der Waals surface area contributed by atoms with Crippen LogP contribution in [0, 0.1) is 11.3 Å². The molecule has 1 fully saturated rings. The van der Waals surface area contributed by atoms with Gasteiger partial charge in [0.2, 0.25) is 0 Å². The molecule has 17 heavy (non-hydrogen) atoms. The van der Waals surface area contributed by atoms with Crippen molar-refractivity contribution in [1.29, 1.82) is 5.26 Å². The predicted octanol–water partition coefficient (Wildman–Crippen LogP) is 1.18. The van der Waals surface area contributed by atoms with Crippen molar-refractivity contribution < 1.29 is 4.79 Å². The normalized spacial score (nSPS) is 14.1. The van der Waals surface area contributed by atoms with Gasteiger partial charge in [0, 0.05) is 18.8 Å². The second-order valence-electron chi connectivity index (χ2n) is 4.08. The number of nitrogens with zero attached hydrogens (tertiary/aromatic N) is 3. The number of hydrogen-bond acceptors (Lipinski definition) is 4. The molecule has 0 unspecified atom stereocenters. The summed E-state index contributed by atoms with van der Waals surface area (Å²) in [6.07, 6.45) is 3.90. The highest BCUT2D eigenvalue weighted by atomic mass is 16.2. The van der Waals surface area contributed by atoms with Crippen LogP contribution in [0.5, 0.6) is 0 Å². The highest BCUT2D eigenvalue weighted by molar-refractivity contribution is 5.97. The van der Waals surface area contributed by atoms with E-state index >= 15 is 0 Å². The van der Waals surface area contributed by atoms with Gasteiger partial charge in [-0.1, -0.05) is 0 Å². The summed E-state index contributed by atoms with van der Waals surface area (Å²) in [4.78, 5) is 18.0. The van der Waals surface area contributed by atoms with Crippen LogP contribution < -0.4 is 5.73 Å². The van der Waals surface area contributed by atoms with E-state index in [9.17, 15) is 4.79 Å². The van der Waals surface area contributed by atoms with E-state index in [0.29, 0.717) is 18.7 Å². The zero-order valence-electron chi connectivity index (χ0n) is 9.47. The molecule has 0 saturated heterocycles. The van der Waals surface area contributed by atoms with Crippen molar-refractivity contribution in [1.82, 2.24) is 9.88 Å². The van der Waals surface area contributed by atoms with Gasteiger partial charge < -0.3 is 10.6 Å². The molecule has 0 radical (unpaired) electrons. The van der Waals surface area contributed by atoms with Crippen molar-refractivity contribution in [3.8, 4) is 6.07 Å². The molecule has 5 nitrogen and oxygen atoms in total. The first kappa shape index (κ1) is 11.4. The van der Waals surface area contributed by atoms with E-state index in [1.54, 1.807) is 23.2 Å². The Bertz CT molecular complexity index is 462. The van der Waals surface area contributed by atoms with Gasteiger partial charge in [-0.05, 0) is 25.0 Å². The molecule has 1 heterocycles. The number of hydrogen-bond donors (Lipinski definition) is 1. The second kappa shape index (κ2) is 4.83. The van der Waals surface area contributed by atoms with Crippen molar-refractivity contribution in [2.45, 2.75) is 25.3 Å². The lowest BCUT2D eigenvalue weighted by atomic mass is 10.2. The summed E-state index contributed by atoms with van der Waals surface area (Å²) in [7, 11) is 0. The van der Waals surface area contributed by atoms with E-state index in [-0.39, 0.29) is 17.6 Å². The van der Waals surface area contributed by atoms with Gasteiger partial charge in [-0.25, -0.2) is 4.98 Å². The lowest BCUT2D eigenvalue weighted by Gasteiger charge is -2.21. The van der Waals surface area contributed by atoms with E-state index in [0.717, 1.165) is 12.8 Å². The molecular formula is C12H14N4O. The van der Waals surface area contributed by atoms with Gasteiger partial charge >= 0.3 is 0 Å². The van der Waals surface area contributed by atoms with Crippen LogP contribution in [-0.4, -0.2) is 28.4 Å². The molecule has 5 heteroatoms. The fourth-order valence-electron chi connectivity index (χ4n) is 1.74. The minimum Gasteiger partial charge on any atom is -0.397 e. The quantitative estimate of drug-likeness (QED) is 0.841. The second-order valence-corrected chi connectivity index (χ2v) is 4.08. The lowest BCUT2D eigenvalue weighted by Crippen LogP contribution is -2.34. The molecule has 1 aromatic heterocycles. The maximum atomic E-state index is 12.2. The number of rotatable bonds is 4. The minimum absolute atomic E-state index is 0.166. The van der Waals surface area contributed by atoms with Crippen LogP contribution in [0.3, 0.4) is 0 Å². The molecule has 0 aliphatic heterocycles. The first-order valence-electron chi connectivity index (χ1n) is 5.62. The molecule has 0 bridgehead atoms. The zero-order chi connectivity index (χ0) is 12.3. The van der Waals surface area contributed by atoms with Crippen LogP contribution in [0.4, 0.5) is 5.69 Å². The number of nitriles is 1. The van der Waals surface area contributed by atoms with Crippen LogP contribution >= 0.6 is 0 Å². The third-order valence-electron chi connectivity index (χ3n) is 2.75. The molecule has 0 atom stereocenters. The number of amides is 1. The summed E-state index contributed by atoms with van der Waals surface area (Å²) >= 11 is 0. The number of nitrogen functional groups attached to an aromatic ring is 1. The maximum Gasteiger partial charge on any atom is 0.274 e. The summed E-state index contributed by atoms with van der Waals surface area (Å²) in [5.41, 5.74) is 6.41. The van der Waals surface area contributed by atoms with E-state index in [1.165, 1.54) is 0 Å². The van der Waals surface area contributed by atoms with Gasteiger partial charge in [-0.15, -0.1) is 0 Å². The topological polar surface area (TPSA) is 83.0 Å². The summed E-state index contributed by atoms with van der Waals surface area (Å²) in [6.45, 7) is 0.454. The molecule has 1 aliphatic rings. The number of anilines is 1. The van der Waals surface area contributed by atoms with E-state index in [1.807, 2.05) is 0 Å². The van der Waals surface area contributed by atoms with Crippen molar-refractivity contribution in [2.75, 3.05) is 12.3 Å². The Kier molecular flexibility index (Phi) is 3.24. The highest BCUT2D eigenvalue weighted by Crippen LogP contribution is 2.28. The number of carbonyl (C=O) groups excluding carboxylic acids is 1. The fraction of sp³-hybridized carbons (Fsp3) is 0.417. The molecule has 1 saturated carbocycles. The standard InChI is InChI=1S/C12H14N4O/c13-6-2-8-16(9-4-5-9)12(17)11-10(14)3-1-7-15-11/h1,3,7,9H,2,4-5,8,14H2. The van der Waals surface area contributed by atoms with Crippen LogP contribution in [0.25, 0.3) is 0 Å². The first-order chi connectivity index (χ1) is 8.24. The first-order valence-corrected chi connectivity index (χ1v) is 5.62. The summed E-state index contributed by atoms with van der Waals surface area (Å²) in [6, 6.07) is 5.68. The van der Waals surface area contributed by atoms with Crippen LogP contribution in [0.1, 0.15) is 29.8 Å². The Morgan fingerprint density at radius 2 is 2.41 bits per heavy atom. The molecule has 2 rings (SSSR count). The van der Waals surface area contributed by atoms with Gasteiger partial charge in [0.1, 0.15) is 0 Å². The van der Waals surface area contributed by atoms with Crippen molar-refractivity contribution in [2.24, 2.45) is 0 Å². The molecule has 0 aromatic carbocycles. The van der Waals surface area contributed by atoms with E-state index in [2.05, 4.69) is 11.1 Å². The van der Waals surface area contributed by atoms with Crippen LogP contribution in [0.2, 0.25) is 0 Å². The van der Waals surface area contributed by atoms with Gasteiger partial charge in [0.15, 0.2) is 5.69 Å². The van der Waals surface area contributed by atoms with Gasteiger partial charge in [-0.2, -0.15) is 5.26 Å². The Morgan fingerprint density at radius 1 is 1.65 bits per heavy atom. The van der Waals surface area contributed by atoms with Crippen molar-refractivity contribution >= 4 is 11.6 Å². The van der Waals surface area contributed by atoms with Crippen LogP contribution in [0.15, 0.2) is 18.3 Å². The smallest absolute Gasteiger partial charge is 0.274 e. The monoisotopic (exact) mass is 230 g/mol. The average molecular weight is 230 g/mol. The molecule has 1 amide bonds. The maximum absolute atomic E-state index is 12.2. The van der Waals surface area contributed by atoms with Gasteiger partial charge in [0.05, 0.1) is 18.2 Å². The van der Waals surface area contributed by atoms with Crippen molar-refractivity contribution in [3.05, 3.63) is 24.0 Å². The Morgan fingerprint density at radius 3 is 3.00 bits per heavy atom. The highest BCUT2D eigenvalue weighted by Gasteiger charge is 2.33. The summed E-state index contributed by atoms with van der Waals surface area (Å²) in [5, 5.41) is 8.60. The lowest BCUT2D eigenvalue weighted by molar-refractivity contribution is 0.0742. The largest absolute Gasteiger partial charge is 0.397 e. The Hall–Kier alpha value is -2.09. The number of pyridine rings is 1. The number of aromatic nitrogens is 1. The summed E-state index contributed by atoms with van der Waals surface area (Å²) in [5.74, 6) is -0.166. The minimum atomic E-state index is -0.166. The average Bonchev–Trinajstić information content (AvgIpc) is 3.14. The number of carbonyl (C=O) groups is 1. The van der Waals surface area contributed by atoms with Crippen molar-refractivity contribution in [3.63, 3.8) is 0 Å². The zero-order valence-corrected chi connectivity index (χ0v) is 9.47. The third kappa shape index (κ3) is 2.53. The SMILES string of the molecule is N#CCCN(C(=O)c1ncccc1N)C1CC1. The van der Waals surface area contributed by atoms with Gasteiger partial charge in [0.25, 0.3) is 5.91 Å². The number of nitrogens with two attached hydrogens (primary N) is 1. The fourth-order valence-corrected chi connectivity index (χ4v) is 1.74. The Labute approximate surface area is 99.9 Å². The molecular weight excluding hydrogens is 216 g/mol. The summed E-state index contributed by atoms with van der Waals surface area (Å²) < 4.78 is 0. The van der Waals surface area contributed by atoms with E-state index < -0.39 is 0 Å². The molecule has 0 spiro atoms. The molecule has 88 valence electrons. The molecule has 1 aliphatic carbocycles. The Balaban J connectivity index is 2.16.